The van der Waals surface area contributed by atoms with Crippen molar-refractivity contribution >= 4 is 5.91 Å². The van der Waals surface area contributed by atoms with E-state index in [4.69, 9.17) is 0 Å². The fourth-order valence-electron chi connectivity index (χ4n) is 3.37. The molecule has 1 amide bonds. The summed E-state index contributed by atoms with van der Waals surface area (Å²) in [6.45, 7) is 8.94. The molecular formula is C19H26N4O. The van der Waals surface area contributed by atoms with Crippen molar-refractivity contribution in [1.29, 1.82) is 0 Å². The molecule has 0 aromatic carbocycles. The first kappa shape index (κ1) is 16.7. The molecule has 2 aromatic rings. The molecule has 24 heavy (non-hydrogen) atoms. The minimum Gasteiger partial charge on any atom is -0.342 e. The number of aryl methyl sites for hydroxylation is 1. The van der Waals surface area contributed by atoms with Gasteiger partial charge < -0.3 is 9.47 Å². The molecule has 5 nitrogen and oxygen atoms in total. The first-order chi connectivity index (χ1) is 11.5. The van der Waals surface area contributed by atoms with Gasteiger partial charge in [0, 0.05) is 55.9 Å². The number of aromatic nitrogens is 3. The Hall–Kier alpha value is -2.17. The number of nitrogens with zero attached hydrogens (tertiary/aromatic N) is 4. The van der Waals surface area contributed by atoms with Crippen LogP contribution < -0.4 is 0 Å². The van der Waals surface area contributed by atoms with Gasteiger partial charge in [0.2, 0.25) is 5.91 Å². The molecule has 128 valence electrons. The highest BCUT2D eigenvalue weighted by atomic mass is 16.2. The maximum atomic E-state index is 12.3. The lowest BCUT2D eigenvalue weighted by atomic mass is 10.1. The molecule has 0 aliphatic carbocycles. The van der Waals surface area contributed by atoms with Crippen molar-refractivity contribution in [1.82, 2.24) is 19.4 Å². The number of rotatable bonds is 5. The molecule has 1 saturated heterocycles. The molecule has 1 aliphatic heterocycles. The van der Waals surface area contributed by atoms with Gasteiger partial charge in [0.25, 0.3) is 0 Å². The molecule has 0 saturated carbocycles. The number of likely N-dealkylation sites (tertiary alicyclic amines) is 1. The van der Waals surface area contributed by atoms with Crippen LogP contribution in [-0.2, 0) is 11.3 Å². The fourth-order valence-corrected chi connectivity index (χ4v) is 3.37. The monoisotopic (exact) mass is 326 g/mol. The zero-order chi connectivity index (χ0) is 17.1. The highest BCUT2D eigenvalue weighted by Gasteiger charge is 2.27. The molecule has 0 N–H and O–H groups in total. The van der Waals surface area contributed by atoms with Crippen LogP contribution in [0.25, 0.3) is 11.4 Å². The summed E-state index contributed by atoms with van der Waals surface area (Å²) in [6, 6.07) is 3.98. The minimum absolute atomic E-state index is 0.296. The van der Waals surface area contributed by atoms with Crippen molar-refractivity contribution in [3.8, 4) is 11.4 Å². The lowest BCUT2D eigenvalue weighted by molar-refractivity contribution is -0.131. The van der Waals surface area contributed by atoms with Gasteiger partial charge in [0.05, 0.1) is 0 Å². The smallest absolute Gasteiger partial charge is 0.222 e. The Balaban J connectivity index is 1.70. The lowest BCUT2D eigenvalue weighted by Gasteiger charge is -2.19. The van der Waals surface area contributed by atoms with Crippen LogP contribution in [0.15, 0.2) is 30.7 Å². The second-order valence-electron chi connectivity index (χ2n) is 7.16. The maximum absolute atomic E-state index is 12.3. The third-order valence-electron chi connectivity index (χ3n) is 4.66. The van der Waals surface area contributed by atoms with E-state index in [2.05, 4.69) is 35.3 Å². The normalized spacial score (nSPS) is 17.7. The number of pyridine rings is 1. The number of hydrogen-bond acceptors (Lipinski definition) is 3. The predicted octanol–water partition coefficient (Wildman–Crippen LogP) is 3.15. The lowest BCUT2D eigenvalue weighted by Crippen LogP contribution is -2.30. The number of carbonyl (C=O) groups is 1. The molecule has 1 atom stereocenters. The van der Waals surface area contributed by atoms with E-state index in [0.717, 1.165) is 43.1 Å². The van der Waals surface area contributed by atoms with Crippen LogP contribution in [0.4, 0.5) is 0 Å². The Labute approximate surface area is 143 Å². The van der Waals surface area contributed by atoms with Crippen molar-refractivity contribution in [2.45, 2.75) is 40.2 Å². The van der Waals surface area contributed by atoms with Crippen LogP contribution in [0.3, 0.4) is 0 Å². The summed E-state index contributed by atoms with van der Waals surface area (Å²) in [5.74, 6) is 2.20. The predicted molar refractivity (Wildman–Crippen MR) is 94.3 cm³/mol. The number of amides is 1. The fraction of sp³-hybridized carbons (Fsp3) is 0.526. The van der Waals surface area contributed by atoms with Gasteiger partial charge in [-0.15, -0.1) is 0 Å². The van der Waals surface area contributed by atoms with Crippen LogP contribution in [0.2, 0.25) is 0 Å². The number of hydrogen-bond donors (Lipinski definition) is 0. The third-order valence-corrected chi connectivity index (χ3v) is 4.66. The summed E-state index contributed by atoms with van der Waals surface area (Å²) in [6.07, 6.45) is 7.24. The number of carbonyl (C=O) groups excluding carboxylic acids is 1. The maximum Gasteiger partial charge on any atom is 0.222 e. The van der Waals surface area contributed by atoms with E-state index in [1.807, 2.05) is 23.2 Å². The van der Waals surface area contributed by atoms with Crippen LogP contribution in [0.5, 0.6) is 0 Å². The Kier molecular flexibility index (Phi) is 4.97. The van der Waals surface area contributed by atoms with Crippen molar-refractivity contribution in [3.63, 3.8) is 0 Å². The van der Waals surface area contributed by atoms with Gasteiger partial charge in [-0.05, 0) is 37.3 Å². The Morgan fingerprint density at radius 1 is 1.33 bits per heavy atom. The van der Waals surface area contributed by atoms with Crippen LogP contribution in [-0.4, -0.2) is 38.4 Å². The van der Waals surface area contributed by atoms with E-state index in [1.165, 1.54) is 0 Å². The van der Waals surface area contributed by atoms with Gasteiger partial charge in [0.1, 0.15) is 5.82 Å². The second-order valence-corrected chi connectivity index (χ2v) is 7.16. The van der Waals surface area contributed by atoms with Gasteiger partial charge in [-0.25, -0.2) is 4.98 Å². The van der Waals surface area contributed by atoms with Crippen molar-refractivity contribution in [3.05, 3.63) is 36.4 Å². The molecule has 0 bridgehead atoms. The first-order valence-corrected chi connectivity index (χ1v) is 8.75. The zero-order valence-corrected chi connectivity index (χ0v) is 14.8. The van der Waals surface area contributed by atoms with Crippen LogP contribution in [0.1, 0.15) is 32.4 Å². The minimum atomic E-state index is 0.296. The summed E-state index contributed by atoms with van der Waals surface area (Å²) in [7, 11) is 0. The van der Waals surface area contributed by atoms with Crippen LogP contribution in [0, 0.1) is 18.8 Å². The summed E-state index contributed by atoms with van der Waals surface area (Å²) >= 11 is 0. The van der Waals surface area contributed by atoms with Gasteiger partial charge in [0.15, 0.2) is 0 Å². The largest absolute Gasteiger partial charge is 0.342 e. The summed E-state index contributed by atoms with van der Waals surface area (Å²) in [4.78, 5) is 22.9. The molecular weight excluding hydrogens is 300 g/mol. The van der Waals surface area contributed by atoms with Gasteiger partial charge >= 0.3 is 0 Å². The second kappa shape index (κ2) is 7.16. The molecule has 1 fully saturated rings. The average molecular weight is 326 g/mol. The molecule has 3 rings (SSSR count). The van der Waals surface area contributed by atoms with E-state index >= 15 is 0 Å². The van der Waals surface area contributed by atoms with Crippen molar-refractivity contribution in [2.75, 3.05) is 13.1 Å². The van der Waals surface area contributed by atoms with E-state index in [0.29, 0.717) is 24.2 Å². The van der Waals surface area contributed by atoms with Crippen molar-refractivity contribution < 1.29 is 4.79 Å². The zero-order valence-electron chi connectivity index (χ0n) is 14.8. The van der Waals surface area contributed by atoms with E-state index in [-0.39, 0.29) is 0 Å². The van der Waals surface area contributed by atoms with Gasteiger partial charge in [-0.3, -0.25) is 9.78 Å². The third kappa shape index (κ3) is 3.66. The Morgan fingerprint density at radius 2 is 2.08 bits per heavy atom. The number of imidazole rings is 1. The molecule has 5 heteroatoms. The molecule has 3 heterocycles. The molecule has 0 spiro atoms. The summed E-state index contributed by atoms with van der Waals surface area (Å²) in [5, 5.41) is 0. The molecule has 0 radical (unpaired) electrons. The standard InChI is InChI=1S/C19H26N4O/c1-14(2)10-18(24)22-9-6-16(12-22)13-23-15(3)11-21-19(23)17-4-7-20-8-5-17/h4-5,7-8,11,14,16H,6,9-10,12-13H2,1-3H3. The van der Waals surface area contributed by atoms with E-state index < -0.39 is 0 Å². The highest BCUT2D eigenvalue weighted by Crippen LogP contribution is 2.25. The Morgan fingerprint density at radius 3 is 2.79 bits per heavy atom. The van der Waals surface area contributed by atoms with E-state index in [1.54, 1.807) is 12.4 Å². The van der Waals surface area contributed by atoms with Crippen molar-refractivity contribution in [2.24, 2.45) is 11.8 Å². The molecule has 1 aliphatic rings. The summed E-state index contributed by atoms with van der Waals surface area (Å²) < 4.78 is 2.27. The average Bonchev–Trinajstić information content (AvgIpc) is 3.16. The Bertz CT molecular complexity index is 693. The SMILES string of the molecule is Cc1cnc(-c2ccncc2)n1CC1CCN(C(=O)CC(C)C)C1. The van der Waals surface area contributed by atoms with Gasteiger partial charge in [-0.1, -0.05) is 13.8 Å². The molecule has 2 aromatic heterocycles. The van der Waals surface area contributed by atoms with E-state index in [9.17, 15) is 4.79 Å². The quantitative estimate of drug-likeness (QED) is 0.848. The summed E-state index contributed by atoms with van der Waals surface area (Å²) in [5.41, 5.74) is 2.25. The van der Waals surface area contributed by atoms with Gasteiger partial charge in [-0.2, -0.15) is 0 Å². The first-order valence-electron chi connectivity index (χ1n) is 8.75. The topological polar surface area (TPSA) is 51.0 Å². The molecule has 1 unspecified atom stereocenters. The van der Waals surface area contributed by atoms with Crippen LogP contribution >= 0.6 is 0 Å². The highest BCUT2D eigenvalue weighted by molar-refractivity contribution is 5.76.